The second kappa shape index (κ2) is 7.30. The average molecular weight is 420 g/mol. The number of pyridine rings is 1. The molecular formula is C20H19Cl2N3OS. The SMILES string of the molecule is CC[C@H]1CCc2nc3sc(C(=O)Nc4ccc(Cl)cc4Cl)c(N)c3cc2C1. The smallest absolute Gasteiger partial charge is 0.267 e. The Bertz CT molecular complexity index is 1050. The number of anilines is 2. The van der Waals surface area contributed by atoms with Crippen LogP contribution in [0.15, 0.2) is 24.3 Å². The van der Waals surface area contributed by atoms with Crippen LogP contribution in [0.3, 0.4) is 0 Å². The zero-order valence-electron chi connectivity index (χ0n) is 14.8. The molecule has 0 unspecified atom stereocenters. The maximum Gasteiger partial charge on any atom is 0.267 e. The molecule has 2 heterocycles. The minimum Gasteiger partial charge on any atom is -0.397 e. The summed E-state index contributed by atoms with van der Waals surface area (Å²) in [5.41, 5.74) is 9.69. The van der Waals surface area contributed by atoms with Crippen molar-refractivity contribution >= 4 is 62.0 Å². The number of rotatable bonds is 3. The van der Waals surface area contributed by atoms with Gasteiger partial charge in [0.1, 0.15) is 9.71 Å². The van der Waals surface area contributed by atoms with Gasteiger partial charge in [0.25, 0.3) is 5.91 Å². The Morgan fingerprint density at radius 2 is 2.19 bits per heavy atom. The summed E-state index contributed by atoms with van der Waals surface area (Å²) in [5, 5.41) is 4.58. The number of hydrogen-bond acceptors (Lipinski definition) is 4. The molecular weight excluding hydrogens is 401 g/mol. The first-order valence-electron chi connectivity index (χ1n) is 8.93. The molecule has 1 aliphatic carbocycles. The van der Waals surface area contributed by atoms with E-state index in [0.717, 1.165) is 28.8 Å². The van der Waals surface area contributed by atoms with Gasteiger partial charge in [-0.25, -0.2) is 4.98 Å². The van der Waals surface area contributed by atoms with Gasteiger partial charge in [-0.05, 0) is 55.0 Å². The molecule has 1 atom stereocenters. The molecule has 0 saturated carbocycles. The lowest BCUT2D eigenvalue weighted by Crippen LogP contribution is -2.14. The van der Waals surface area contributed by atoms with Gasteiger partial charge >= 0.3 is 0 Å². The summed E-state index contributed by atoms with van der Waals surface area (Å²) in [6, 6.07) is 7.06. The predicted octanol–water partition coefficient (Wildman–Crippen LogP) is 5.95. The molecule has 4 rings (SSSR count). The fourth-order valence-electron chi connectivity index (χ4n) is 3.55. The number of aryl methyl sites for hydroxylation is 1. The first-order chi connectivity index (χ1) is 13.0. The van der Waals surface area contributed by atoms with E-state index in [0.29, 0.717) is 32.2 Å². The molecule has 1 aliphatic rings. The standard InChI is InChI=1S/C20H19Cl2N3OS/c1-2-10-3-5-15-11(7-10)8-13-17(23)18(27-20(13)25-15)19(26)24-16-6-4-12(21)9-14(16)22/h4,6,8-10H,2-3,5,7,23H2,1H3,(H,24,26)/t10-/m0/s1. The van der Waals surface area contributed by atoms with Crippen molar-refractivity contribution in [2.24, 2.45) is 5.92 Å². The highest BCUT2D eigenvalue weighted by atomic mass is 35.5. The second-order valence-electron chi connectivity index (χ2n) is 6.89. The summed E-state index contributed by atoms with van der Waals surface area (Å²) in [6.45, 7) is 2.23. The molecule has 27 heavy (non-hydrogen) atoms. The van der Waals surface area contributed by atoms with Gasteiger partial charge in [-0.1, -0.05) is 36.5 Å². The van der Waals surface area contributed by atoms with Gasteiger partial charge < -0.3 is 11.1 Å². The summed E-state index contributed by atoms with van der Waals surface area (Å²) in [6.07, 6.45) is 4.37. The topological polar surface area (TPSA) is 68.0 Å². The lowest BCUT2D eigenvalue weighted by Gasteiger charge is -2.22. The van der Waals surface area contributed by atoms with Crippen LogP contribution in [0.5, 0.6) is 0 Å². The van der Waals surface area contributed by atoms with Crippen molar-refractivity contribution in [2.45, 2.75) is 32.6 Å². The minimum atomic E-state index is -0.288. The third-order valence-corrected chi connectivity index (χ3v) is 6.81. The number of carbonyl (C=O) groups is 1. The van der Waals surface area contributed by atoms with Crippen molar-refractivity contribution in [1.82, 2.24) is 4.98 Å². The third-order valence-electron chi connectivity index (χ3n) is 5.15. The quantitative estimate of drug-likeness (QED) is 0.550. The van der Waals surface area contributed by atoms with Gasteiger partial charge in [-0.2, -0.15) is 0 Å². The monoisotopic (exact) mass is 419 g/mol. The average Bonchev–Trinajstić information content (AvgIpc) is 2.97. The minimum absolute atomic E-state index is 0.288. The van der Waals surface area contributed by atoms with Gasteiger partial charge in [0, 0.05) is 16.1 Å². The first-order valence-corrected chi connectivity index (χ1v) is 10.5. The normalized spacial score (nSPS) is 16.3. The molecule has 1 aromatic carbocycles. The number of benzene rings is 1. The second-order valence-corrected chi connectivity index (χ2v) is 8.73. The van der Waals surface area contributed by atoms with E-state index >= 15 is 0 Å². The Kier molecular flexibility index (Phi) is 5.01. The molecule has 0 aliphatic heterocycles. The van der Waals surface area contributed by atoms with Crippen molar-refractivity contribution in [3.05, 3.63) is 50.4 Å². The molecule has 0 bridgehead atoms. The highest BCUT2D eigenvalue weighted by Crippen LogP contribution is 2.37. The fraction of sp³-hybridized carbons (Fsp3) is 0.300. The van der Waals surface area contributed by atoms with Gasteiger partial charge in [-0.3, -0.25) is 4.79 Å². The van der Waals surface area contributed by atoms with Crippen LogP contribution in [-0.4, -0.2) is 10.9 Å². The zero-order chi connectivity index (χ0) is 19.1. The number of fused-ring (bicyclic) bond motifs is 2. The van der Waals surface area contributed by atoms with Crippen LogP contribution in [-0.2, 0) is 12.8 Å². The molecule has 0 fully saturated rings. The Hall–Kier alpha value is -1.82. The van der Waals surface area contributed by atoms with E-state index < -0.39 is 0 Å². The van der Waals surface area contributed by atoms with Gasteiger partial charge in [0.05, 0.1) is 16.4 Å². The van der Waals surface area contributed by atoms with E-state index in [1.807, 2.05) is 0 Å². The lowest BCUT2D eigenvalue weighted by molar-refractivity contribution is 0.103. The Balaban J connectivity index is 1.68. The van der Waals surface area contributed by atoms with Crippen LogP contribution in [0.1, 0.15) is 40.7 Å². The fourth-order valence-corrected chi connectivity index (χ4v) is 5.00. The van der Waals surface area contributed by atoms with Crippen molar-refractivity contribution in [3.8, 4) is 0 Å². The maximum atomic E-state index is 12.8. The number of nitrogen functional groups attached to an aromatic ring is 1. The number of carbonyl (C=O) groups excluding carboxylic acids is 1. The van der Waals surface area contributed by atoms with E-state index in [1.54, 1.807) is 18.2 Å². The van der Waals surface area contributed by atoms with Crippen LogP contribution in [0, 0.1) is 5.92 Å². The lowest BCUT2D eigenvalue weighted by atomic mass is 9.85. The molecule has 3 N–H and O–H groups in total. The summed E-state index contributed by atoms with van der Waals surface area (Å²) in [4.78, 5) is 18.8. The number of nitrogens with one attached hydrogen (secondary N) is 1. The van der Waals surface area contributed by atoms with E-state index in [1.165, 1.54) is 29.7 Å². The number of nitrogens with zero attached hydrogens (tertiary/aromatic N) is 1. The largest absolute Gasteiger partial charge is 0.397 e. The van der Waals surface area contributed by atoms with E-state index in [2.05, 4.69) is 18.3 Å². The highest BCUT2D eigenvalue weighted by molar-refractivity contribution is 7.21. The van der Waals surface area contributed by atoms with Crippen LogP contribution in [0.25, 0.3) is 10.2 Å². The van der Waals surface area contributed by atoms with E-state index in [-0.39, 0.29) is 5.91 Å². The molecule has 7 heteroatoms. The van der Waals surface area contributed by atoms with E-state index in [4.69, 9.17) is 33.9 Å². The molecule has 0 spiro atoms. The number of aromatic nitrogens is 1. The Morgan fingerprint density at radius 3 is 2.93 bits per heavy atom. The van der Waals surface area contributed by atoms with E-state index in [9.17, 15) is 4.79 Å². The molecule has 4 nitrogen and oxygen atoms in total. The van der Waals surface area contributed by atoms with Crippen LogP contribution < -0.4 is 11.1 Å². The Morgan fingerprint density at radius 1 is 1.37 bits per heavy atom. The number of hydrogen-bond donors (Lipinski definition) is 2. The van der Waals surface area contributed by atoms with Gasteiger partial charge in [0.15, 0.2) is 0 Å². The molecule has 0 radical (unpaired) electrons. The summed E-state index contributed by atoms with van der Waals surface area (Å²) >= 11 is 13.4. The van der Waals surface area contributed by atoms with Crippen LogP contribution in [0.2, 0.25) is 10.0 Å². The van der Waals surface area contributed by atoms with Crippen molar-refractivity contribution < 1.29 is 4.79 Å². The molecule has 0 saturated heterocycles. The number of amides is 1. The predicted molar refractivity (Wildman–Crippen MR) is 114 cm³/mol. The van der Waals surface area contributed by atoms with Gasteiger partial charge in [0.2, 0.25) is 0 Å². The summed E-state index contributed by atoms with van der Waals surface area (Å²) < 4.78 is 0. The number of thiophene rings is 1. The van der Waals surface area contributed by atoms with Crippen molar-refractivity contribution in [2.75, 3.05) is 11.1 Å². The third kappa shape index (κ3) is 3.51. The highest BCUT2D eigenvalue weighted by Gasteiger charge is 2.23. The van der Waals surface area contributed by atoms with Crippen molar-refractivity contribution in [1.29, 1.82) is 0 Å². The first kappa shape index (κ1) is 18.5. The molecule has 140 valence electrons. The molecule has 3 aromatic rings. The molecule has 2 aromatic heterocycles. The summed E-state index contributed by atoms with van der Waals surface area (Å²) in [7, 11) is 0. The number of halogens is 2. The summed E-state index contributed by atoms with van der Waals surface area (Å²) in [5.74, 6) is 0.413. The van der Waals surface area contributed by atoms with Crippen LogP contribution >= 0.6 is 34.5 Å². The maximum absolute atomic E-state index is 12.8. The van der Waals surface area contributed by atoms with Gasteiger partial charge in [-0.15, -0.1) is 11.3 Å². The van der Waals surface area contributed by atoms with Crippen molar-refractivity contribution in [3.63, 3.8) is 0 Å². The zero-order valence-corrected chi connectivity index (χ0v) is 17.1. The van der Waals surface area contributed by atoms with Crippen LogP contribution in [0.4, 0.5) is 11.4 Å². The number of nitrogens with two attached hydrogens (primary N) is 1. The molecule has 1 amide bonds. The Labute approximate surface area is 171 Å².